The van der Waals surface area contributed by atoms with Gasteiger partial charge >= 0.3 is 0 Å². The number of hydrogen-bond acceptors (Lipinski definition) is 2. The van der Waals surface area contributed by atoms with Gasteiger partial charge in [0.15, 0.2) is 11.6 Å². The molecule has 1 N–H and O–H groups in total. The first-order valence-electron chi connectivity index (χ1n) is 5.14. The summed E-state index contributed by atoms with van der Waals surface area (Å²) < 4.78 is 27.3. The van der Waals surface area contributed by atoms with Gasteiger partial charge in [-0.15, -0.1) is 11.3 Å². The SMILES string of the molecule is Fc1ccc(CNCc2cc(Br)c(Cl)s2)cc1F. The van der Waals surface area contributed by atoms with Gasteiger partial charge in [-0.3, -0.25) is 0 Å². The van der Waals surface area contributed by atoms with Gasteiger partial charge in [0.25, 0.3) is 0 Å². The van der Waals surface area contributed by atoms with Crippen molar-refractivity contribution in [1.29, 1.82) is 0 Å². The molecule has 0 fully saturated rings. The van der Waals surface area contributed by atoms with Crippen LogP contribution in [0, 0.1) is 11.6 Å². The van der Waals surface area contributed by atoms with Crippen molar-refractivity contribution in [2.24, 2.45) is 0 Å². The number of nitrogens with one attached hydrogen (secondary N) is 1. The summed E-state index contributed by atoms with van der Waals surface area (Å²) in [5.74, 6) is -1.65. The van der Waals surface area contributed by atoms with E-state index in [1.54, 1.807) is 6.07 Å². The largest absolute Gasteiger partial charge is 0.308 e. The first-order valence-corrected chi connectivity index (χ1v) is 7.13. The Hall–Kier alpha value is -0.490. The fraction of sp³-hybridized carbons (Fsp3) is 0.167. The highest BCUT2D eigenvalue weighted by Gasteiger charge is 2.05. The van der Waals surface area contributed by atoms with Crippen LogP contribution in [-0.4, -0.2) is 0 Å². The Balaban J connectivity index is 1.90. The van der Waals surface area contributed by atoms with Crippen LogP contribution in [-0.2, 0) is 13.1 Å². The fourth-order valence-corrected chi connectivity index (χ4v) is 3.22. The maximum absolute atomic E-state index is 13.0. The predicted molar refractivity (Wildman–Crippen MR) is 73.9 cm³/mol. The maximum atomic E-state index is 13.0. The highest BCUT2D eigenvalue weighted by atomic mass is 79.9. The second-order valence-electron chi connectivity index (χ2n) is 3.69. The molecule has 6 heteroatoms. The van der Waals surface area contributed by atoms with Crippen molar-refractivity contribution < 1.29 is 8.78 Å². The lowest BCUT2D eigenvalue weighted by molar-refractivity contribution is 0.506. The summed E-state index contributed by atoms with van der Waals surface area (Å²) in [5, 5.41) is 3.15. The van der Waals surface area contributed by atoms with E-state index in [0.717, 1.165) is 15.4 Å². The van der Waals surface area contributed by atoms with Crippen molar-refractivity contribution >= 4 is 38.9 Å². The van der Waals surface area contributed by atoms with E-state index in [9.17, 15) is 8.78 Å². The monoisotopic (exact) mass is 351 g/mol. The average Bonchev–Trinajstić information content (AvgIpc) is 2.63. The zero-order valence-electron chi connectivity index (χ0n) is 9.14. The first kappa shape index (κ1) is 13.9. The molecular formula is C12H9BrClF2NS. The van der Waals surface area contributed by atoms with E-state index >= 15 is 0 Å². The molecule has 0 aliphatic heterocycles. The molecular weight excluding hydrogens is 344 g/mol. The Morgan fingerprint density at radius 2 is 1.94 bits per heavy atom. The number of hydrogen-bond donors (Lipinski definition) is 1. The van der Waals surface area contributed by atoms with Crippen LogP contribution in [0.15, 0.2) is 28.7 Å². The number of benzene rings is 1. The average molecular weight is 353 g/mol. The van der Waals surface area contributed by atoms with Gasteiger partial charge in [-0.2, -0.15) is 0 Å². The van der Waals surface area contributed by atoms with Crippen molar-refractivity contribution in [3.63, 3.8) is 0 Å². The van der Waals surface area contributed by atoms with E-state index < -0.39 is 11.6 Å². The Morgan fingerprint density at radius 3 is 2.56 bits per heavy atom. The molecule has 1 aromatic heterocycles. The molecule has 0 saturated carbocycles. The molecule has 2 rings (SSSR count). The molecule has 2 aromatic rings. The van der Waals surface area contributed by atoms with E-state index in [4.69, 9.17) is 11.6 Å². The molecule has 0 amide bonds. The van der Waals surface area contributed by atoms with Crippen molar-refractivity contribution in [2.45, 2.75) is 13.1 Å². The van der Waals surface area contributed by atoms with Crippen LogP contribution in [0.25, 0.3) is 0 Å². The third kappa shape index (κ3) is 3.51. The molecule has 0 bridgehead atoms. The van der Waals surface area contributed by atoms with Crippen LogP contribution in [0.1, 0.15) is 10.4 Å². The fourth-order valence-electron chi connectivity index (χ4n) is 1.46. The zero-order chi connectivity index (χ0) is 13.1. The van der Waals surface area contributed by atoms with Crippen molar-refractivity contribution in [3.05, 3.63) is 55.1 Å². The van der Waals surface area contributed by atoms with Crippen LogP contribution >= 0.6 is 38.9 Å². The van der Waals surface area contributed by atoms with Gasteiger partial charge in [0.1, 0.15) is 4.34 Å². The summed E-state index contributed by atoms with van der Waals surface area (Å²) in [4.78, 5) is 1.08. The summed E-state index contributed by atoms with van der Waals surface area (Å²) in [6.07, 6.45) is 0. The lowest BCUT2D eigenvalue weighted by Crippen LogP contribution is -2.12. The van der Waals surface area contributed by atoms with Gasteiger partial charge in [-0.25, -0.2) is 8.78 Å². The summed E-state index contributed by atoms with van der Waals surface area (Å²) in [6, 6.07) is 5.82. The second-order valence-corrected chi connectivity index (χ2v) is 6.28. The van der Waals surface area contributed by atoms with Crippen LogP contribution in [0.2, 0.25) is 4.34 Å². The van der Waals surface area contributed by atoms with Gasteiger partial charge < -0.3 is 5.32 Å². The molecule has 96 valence electrons. The molecule has 0 saturated heterocycles. The lowest BCUT2D eigenvalue weighted by Gasteiger charge is -2.03. The summed E-state index contributed by atoms with van der Waals surface area (Å²) in [7, 11) is 0. The Labute approximate surface area is 121 Å². The Morgan fingerprint density at radius 1 is 1.17 bits per heavy atom. The molecule has 0 atom stereocenters. The molecule has 0 aliphatic carbocycles. The summed E-state index contributed by atoms with van der Waals surface area (Å²) in [6.45, 7) is 1.11. The molecule has 1 aromatic carbocycles. The molecule has 0 spiro atoms. The van der Waals surface area contributed by atoms with Gasteiger partial charge in [-0.1, -0.05) is 17.7 Å². The second kappa shape index (κ2) is 6.10. The molecule has 1 nitrogen and oxygen atoms in total. The topological polar surface area (TPSA) is 12.0 Å². The van der Waals surface area contributed by atoms with Crippen LogP contribution < -0.4 is 5.32 Å². The summed E-state index contributed by atoms with van der Waals surface area (Å²) >= 11 is 10.7. The van der Waals surface area contributed by atoms with Gasteiger partial charge in [0.2, 0.25) is 0 Å². The zero-order valence-corrected chi connectivity index (χ0v) is 12.3. The van der Waals surface area contributed by atoms with Crippen LogP contribution in [0.3, 0.4) is 0 Å². The quantitative estimate of drug-likeness (QED) is 0.838. The minimum absolute atomic E-state index is 0.477. The predicted octanol–water partition coefficient (Wildman–Crippen LogP) is 4.73. The maximum Gasteiger partial charge on any atom is 0.159 e. The number of rotatable bonds is 4. The van der Waals surface area contributed by atoms with Gasteiger partial charge in [0, 0.05) is 22.4 Å². The number of thiophene rings is 1. The van der Waals surface area contributed by atoms with E-state index in [0.29, 0.717) is 23.0 Å². The third-order valence-electron chi connectivity index (χ3n) is 2.31. The van der Waals surface area contributed by atoms with Crippen molar-refractivity contribution in [3.8, 4) is 0 Å². The Kier molecular flexibility index (Phi) is 4.72. The van der Waals surface area contributed by atoms with Gasteiger partial charge in [0.05, 0.1) is 0 Å². The highest BCUT2D eigenvalue weighted by molar-refractivity contribution is 9.10. The van der Waals surface area contributed by atoms with Gasteiger partial charge in [-0.05, 0) is 39.7 Å². The van der Waals surface area contributed by atoms with E-state index in [-0.39, 0.29) is 0 Å². The van der Waals surface area contributed by atoms with E-state index in [1.165, 1.54) is 17.4 Å². The smallest absolute Gasteiger partial charge is 0.159 e. The normalized spacial score (nSPS) is 10.9. The van der Waals surface area contributed by atoms with Crippen LogP contribution in [0.5, 0.6) is 0 Å². The summed E-state index contributed by atoms with van der Waals surface area (Å²) in [5.41, 5.74) is 0.704. The highest BCUT2D eigenvalue weighted by Crippen LogP contribution is 2.31. The lowest BCUT2D eigenvalue weighted by atomic mass is 10.2. The molecule has 0 aliphatic rings. The minimum Gasteiger partial charge on any atom is -0.308 e. The Bertz CT molecular complexity index is 540. The van der Waals surface area contributed by atoms with Crippen molar-refractivity contribution in [2.75, 3.05) is 0 Å². The molecule has 0 unspecified atom stereocenters. The molecule has 1 heterocycles. The third-order valence-corrected chi connectivity index (χ3v) is 4.78. The number of halogens is 4. The van der Waals surface area contributed by atoms with Crippen LogP contribution in [0.4, 0.5) is 8.78 Å². The minimum atomic E-state index is -0.826. The molecule has 18 heavy (non-hydrogen) atoms. The van der Waals surface area contributed by atoms with E-state index in [1.807, 2.05) is 6.07 Å². The standard InChI is InChI=1S/C12H9BrClF2NS/c13-9-4-8(18-12(9)14)6-17-5-7-1-2-10(15)11(16)3-7/h1-4,17H,5-6H2. The van der Waals surface area contributed by atoms with E-state index in [2.05, 4.69) is 21.2 Å². The molecule has 0 radical (unpaired) electrons. The van der Waals surface area contributed by atoms with Crippen molar-refractivity contribution in [1.82, 2.24) is 5.32 Å². The first-order chi connectivity index (χ1) is 8.56.